The Morgan fingerprint density at radius 1 is 1.40 bits per heavy atom. The summed E-state index contributed by atoms with van der Waals surface area (Å²) in [6, 6.07) is 5.48. The molecule has 156 valence electrons. The van der Waals surface area contributed by atoms with Crippen molar-refractivity contribution in [1.29, 1.82) is 0 Å². The molecule has 0 fully saturated rings. The maximum atomic E-state index is 12.8. The van der Waals surface area contributed by atoms with Crippen LogP contribution in [0.15, 0.2) is 29.4 Å². The summed E-state index contributed by atoms with van der Waals surface area (Å²) < 4.78 is 7.40. The third-order valence-electron chi connectivity index (χ3n) is 4.79. The molecule has 0 radical (unpaired) electrons. The first-order valence-corrected chi connectivity index (χ1v) is 9.57. The lowest BCUT2D eigenvalue weighted by molar-refractivity contribution is 0.0821. The monoisotopic (exact) mass is 408 g/mol. The fourth-order valence-electron chi connectivity index (χ4n) is 3.37. The van der Waals surface area contributed by atoms with Crippen molar-refractivity contribution in [3.05, 3.63) is 41.1 Å². The standard InChI is InChI=1S/C20H24N8O2/c1-11-9-30-10-12-4-13(7-22-2)18(21)15(5-12)26-16-6-17(23-3)28-19(27-16)14(8-24-28)20(29)25-11/h4-8,11,23H,9-10,21H2,1-3H3,(H,25,29)(H,26,27)/t11-/m1/s1. The van der Waals surface area contributed by atoms with Crippen molar-refractivity contribution < 1.29 is 9.53 Å². The number of fused-ring (bicyclic) bond motifs is 3. The minimum atomic E-state index is -0.260. The highest BCUT2D eigenvalue weighted by molar-refractivity contribution is 6.00. The number of carbonyl (C=O) groups excluding carboxylic acids is 1. The zero-order chi connectivity index (χ0) is 21.3. The predicted molar refractivity (Wildman–Crippen MR) is 117 cm³/mol. The fraction of sp³-hybridized carbons (Fsp3) is 0.300. The van der Waals surface area contributed by atoms with Crippen molar-refractivity contribution in [2.75, 3.05) is 37.1 Å². The van der Waals surface area contributed by atoms with Crippen LogP contribution < -0.4 is 21.7 Å². The Balaban J connectivity index is 1.90. The highest BCUT2D eigenvalue weighted by Gasteiger charge is 2.20. The van der Waals surface area contributed by atoms with E-state index in [9.17, 15) is 4.79 Å². The second-order valence-electron chi connectivity index (χ2n) is 7.12. The van der Waals surface area contributed by atoms with Crippen LogP contribution in [-0.2, 0) is 11.3 Å². The van der Waals surface area contributed by atoms with Crippen LogP contribution >= 0.6 is 0 Å². The minimum Gasteiger partial charge on any atom is -0.397 e. The summed E-state index contributed by atoms with van der Waals surface area (Å²) in [5.74, 6) is 0.940. The summed E-state index contributed by atoms with van der Waals surface area (Å²) in [5.41, 5.74) is 10.1. The molecule has 0 saturated heterocycles. The SMILES string of the molecule is CN=Cc1cc2cc(c1N)Nc1cc(NC)n3ncc(c3n1)C(=O)N[C@H](C)COC2. The number of aliphatic imine (C=N–C) groups is 1. The molecule has 4 rings (SSSR count). The number of aromatic nitrogens is 3. The van der Waals surface area contributed by atoms with Crippen molar-refractivity contribution in [2.45, 2.75) is 19.6 Å². The molecule has 1 atom stereocenters. The molecule has 10 nitrogen and oxygen atoms in total. The smallest absolute Gasteiger partial charge is 0.257 e. The molecule has 0 saturated carbocycles. The maximum absolute atomic E-state index is 12.8. The number of ether oxygens (including phenoxy) is 1. The van der Waals surface area contributed by atoms with Crippen molar-refractivity contribution in [3.8, 4) is 0 Å². The van der Waals surface area contributed by atoms with Crippen molar-refractivity contribution in [3.63, 3.8) is 0 Å². The largest absolute Gasteiger partial charge is 0.397 e. The first kappa shape index (κ1) is 19.6. The van der Waals surface area contributed by atoms with E-state index in [-0.39, 0.29) is 11.9 Å². The van der Waals surface area contributed by atoms with Crippen LogP contribution in [0.1, 0.15) is 28.4 Å². The molecule has 1 aliphatic heterocycles. The minimum absolute atomic E-state index is 0.189. The predicted octanol–water partition coefficient (Wildman–Crippen LogP) is 1.79. The number of carbonyl (C=O) groups is 1. The molecule has 0 spiro atoms. The summed E-state index contributed by atoms with van der Waals surface area (Å²) in [7, 11) is 3.48. The van der Waals surface area contributed by atoms with Crippen LogP contribution in [0.3, 0.4) is 0 Å². The molecule has 3 heterocycles. The van der Waals surface area contributed by atoms with Crippen LogP contribution in [0.25, 0.3) is 5.65 Å². The lowest BCUT2D eigenvalue weighted by atomic mass is 10.1. The number of rotatable bonds is 2. The van der Waals surface area contributed by atoms with Crippen LogP contribution in [0.5, 0.6) is 0 Å². The van der Waals surface area contributed by atoms with E-state index in [1.807, 2.05) is 19.1 Å². The first-order chi connectivity index (χ1) is 14.5. The zero-order valence-electron chi connectivity index (χ0n) is 17.1. The molecule has 10 heteroatoms. The number of hydrogen-bond donors (Lipinski definition) is 4. The molecular formula is C20H24N8O2. The average molecular weight is 408 g/mol. The van der Waals surface area contributed by atoms with Gasteiger partial charge in [0.2, 0.25) is 0 Å². The van der Waals surface area contributed by atoms with Gasteiger partial charge in [0.05, 0.1) is 30.8 Å². The van der Waals surface area contributed by atoms with Gasteiger partial charge in [-0.3, -0.25) is 9.79 Å². The Kier molecular flexibility index (Phi) is 5.23. The lowest BCUT2D eigenvalue weighted by Crippen LogP contribution is -2.35. The fourth-order valence-corrected chi connectivity index (χ4v) is 3.37. The number of hydrogen-bond acceptors (Lipinski definition) is 8. The lowest BCUT2D eigenvalue weighted by Gasteiger charge is -2.17. The number of benzene rings is 1. The number of anilines is 4. The molecule has 1 aromatic carbocycles. The van der Waals surface area contributed by atoms with Gasteiger partial charge in [-0.25, -0.2) is 4.98 Å². The molecule has 2 aromatic heterocycles. The molecule has 0 aliphatic carbocycles. The Hall–Kier alpha value is -3.66. The van der Waals surface area contributed by atoms with Gasteiger partial charge in [-0.1, -0.05) is 0 Å². The number of nitrogen functional groups attached to an aromatic ring is 1. The quantitative estimate of drug-likeness (QED) is 0.376. The average Bonchev–Trinajstić information content (AvgIpc) is 3.14. The van der Waals surface area contributed by atoms with E-state index in [0.717, 1.165) is 11.1 Å². The Labute approximate surface area is 173 Å². The second-order valence-corrected chi connectivity index (χ2v) is 7.12. The molecule has 0 unspecified atom stereocenters. The van der Waals surface area contributed by atoms with Gasteiger partial charge in [-0.15, -0.1) is 0 Å². The second kappa shape index (κ2) is 7.99. The van der Waals surface area contributed by atoms with Gasteiger partial charge < -0.3 is 26.4 Å². The van der Waals surface area contributed by atoms with Crippen molar-refractivity contribution in [2.24, 2.45) is 4.99 Å². The van der Waals surface area contributed by atoms with E-state index < -0.39 is 0 Å². The Morgan fingerprint density at radius 3 is 3.00 bits per heavy atom. The van der Waals surface area contributed by atoms with Gasteiger partial charge in [0, 0.05) is 38.0 Å². The van der Waals surface area contributed by atoms with Crippen LogP contribution in [0.2, 0.25) is 0 Å². The van der Waals surface area contributed by atoms with E-state index in [0.29, 0.717) is 47.4 Å². The van der Waals surface area contributed by atoms with E-state index in [4.69, 9.17) is 10.5 Å². The highest BCUT2D eigenvalue weighted by atomic mass is 16.5. The zero-order valence-corrected chi connectivity index (χ0v) is 17.1. The molecule has 5 N–H and O–H groups in total. The van der Waals surface area contributed by atoms with E-state index in [1.54, 1.807) is 30.9 Å². The van der Waals surface area contributed by atoms with Crippen LogP contribution in [0.4, 0.5) is 23.0 Å². The summed E-state index contributed by atoms with van der Waals surface area (Å²) in [6.45, 7) is 2.61. The van der Waals surface area contributed by atoms with Crippen molar-refractivity contribution >= 4 is 40.8 Å². The number of nitrogens with zero attached hydrogens (tertiary/aromatic N) is 4. The third-order valence-corrected chi connectivity index (χ3v) is 4.79. The molecule has 1 amide bonds. The Morgan fingerprint density at radius 2 is 2.23 bits per heavy atom. The molecule has 1 aliphatic rings. The normalized spacial score (nSPS) is 17.0. The first-order valence-electron chi connectivity index (χ1n) is 9.57. The van der Waals surface area contributed by atoms with Gasteiger partial charge >= 0.3 is 0 Å². The maximum Gasteiger partial charge on any atom is 0.257 e. The number of nitrogens with one attached hydrogen (secondary N) is 3. The summed E-state index contributed by atoms with van der Waals surface area (Å²) in [5, 5.41) is 13.6. The Bertz CT molecular complexity index is 1140. The third kappa shape index (κ3) is 3.64. The van der Waals surface area contributed by atoms with Gasteiger partial charge in [0.1, 0.15) is 17.2 Å². The van der Waals surface area contributed by atoms with Crippen LogP contribution in [0, 0.1) is 0 Å². The molecular weight excluding hydrogens is 384 g/mol. The van der Waals surface area contributed by atoms with E-state index in [2.05, 4.69) is 31.0 Å². The van der Waals surface area contributed by atoms with Crippen molar-refractivity contribution in [1.82, 2.24) is 19.9 Å². The van der Waals surface area contributed by atoms with Gasteiger partial charge in [-0.05, 0) is 24.6 Å². The summed E-state index contributed by atoms with van der Waals surface area (Å²) >= 11 is 0. The summed E-state index contributed by atoms with van der Waals surface area (Å²) in [4.78, 5) is 21.5. The van der Waals surface area contributed by atoms with E-state index in [1.165, 1.54) is 6.20 Å². The highest BCUT2D eigenvalue weighted by Crippen LogP contribution is 2.29. The number of nitrogens with two attached hydrogens (primary N) is 1. The molecule has 4 bridgehead atoms. The van der Waals surface area contributed by atoms with Crippen LogP contribution in [-0.4, -0.2) is 53.5 Å². The summed E-state index contributed by atoms with van der Waals surface area (Å²) in [6.07, 6.45) is 3.22. The van der Waals surface area contributed by atoms with Gasteiger partial charge in [0.25, 0.3) is 5.91 Å². The number of amides is 1. The van der Waals surface area contributed by atoms with E-state index >= 15 is 0 Å². The van der Waals surface area contributed by atoms with Gasteiger partial charge in [-0.2, -0.15) is 9.61 Å². The topological polar surface area (TPSA) is 131 Å². The molecule has 3 aromatic rings. The molecule has 30 heavy (non-hydrogen) atoms. The van der Waals surface area contributed by atoms with Gasteiger partial charge in [0.15, 0.2) is 5.65 Å².